The molecule has 0 bridgehead atoms. The van der Waals surface area contributed by atoms with Crippen LogP contribution in [0.4, 0.5) is 17.6 Å². The number of nitrogens with one attached hydrogen (secondary N) is 1. The van der Waals surface area contributed by atoms with Crippen LogP contribution >= 0.6 is 0 Å². The summed E-state index contributed by atoms with van der Waals surface area (Å²) in [6.07, 6.45) is 0.881. The highest BCUT2D eigenvalue weighted by Gasteiger charge is 2.29. The van der Waals surface area contributed by atoms with Gasteiger partial charge >= 0.3 is 0 Å². The summed E-state index contributed by atoms with van der Waals surface area (Å²) in [5.41, 5.74) is 0. The minimum absolute atomic E-state index is 0.0562. The number of rotatable bonds is 6. The van der Waals surface area contributed by atoms with Crippen LogP contribution in [0.5, 0.6) is 5.75 Å². The van der Waals surface area contributed by atoms with Crippen LogP contribution in [0.1, 0.15) is 19.8 Å². The Morgan fingerprint density at radius 2 is 1.91 bits per heavy atom. The lowest BCUT2D eigenvalue weighted by atomic mass is 9.92. The summed E-state index contributed by atoms with van der Waals surface area (Å²) in [7, 11) is 0. The maximum atomic E-state index is 13.4. The van der Waals surface area contributed by atoms with E-state index in [2.05, 4.69) is 10.1 Å². The van der Waals surface area contributed by atoms with Gasteiger partial charge in [0.25, 0.3) is 0 Å². The third-order valence-corrected chi connectivity index (χ3v) is 3.78. The Balaban J connectivity index is 1.98. The molecule has 1 fully saturated rings. The highest BCUT2D eigenvalue weighted by Crippen LogP contribution is 2.27. The van der Waals surface area contributed by atoms with Crippen molar-refractivity contribution in [3.63, 3.8) is 0 Å². The summed E-state index contributed by atoms with van der Waals surface area (Å²) >= 11 is 0. The van der Waals surface area contributed by atoms with E-state index in [9.17, 15) is 27.2 Å². The number of hydrogen-bond donors (Lipinski definition) is 1. The molecule has 1 aromatic carbocycles. The van der Waals surface area contributed by atoms with Crippen LogP contribution in [0, 0.1) is 35.1 Å². The number of hydrogen-bond acceptors (Lipinski definition) is 3. The van der Waals surface area contributed by atoms with Crippen LogP contribution in [0.25, 0.3) is 0 Å². The summed E-state index contributed by atoms with van der Waals surface area (Å²) in [6, 6.07) is 0.0562. The number of amides is 1. The van der Waals surface area contributed by atoms with Gasteiger partial charge in [0, 0.05) is 24.4 Å². The fraction of sp³-hybridized carbons (Fsp3) is 0.467. The van der Waals surface area contributed by atoms with Crippen molar-refractivity contribution in [2.75, 3.05) is 13.2 Å². The van der Waals surface area contributed by atoms with E-state index >= 15 is 0 Å². The molecular formula is C15H15F4NO3. The summed E-state index contributed by atoms with van der Waals surface area (Å²) in [6.45, 7) is 1.35. The summed E-state index contributed by atoms with van der Waals surface area (Å²) in [5.74, 6) is -9.42. The van der Waals surface area contributed by atoms with Gasteiger partial charge in [0.1, 0.15) is 6.61 Å². The van der Waals surface area contributed by atoms with Gasteiger partial charge in [0.05, 0.1) is 0 Å². The molecule has 1 aromatic rings. The van der Waals surface area contributed by atoms with Crippen LogP contribution in [0.2, 0.25) is 0 Å². The van der Waals surface area contributed by atoms with Gasteiger partial charge in [0.2, 0.25) is 17.5 Å². The van der Waals surface area contributed by atoms with Crippen molar-refractivity contribution in [2.24, 2.45) is 11.8 Å². The zero-order chi connectivity index (χ0) is 17.1. The van der Waals surface area contributed by atoms with Gasteiger partial charge in [-0.05, 0) is 12.8 Å². The van der Waals surface area contributed by atoms with Gasteiger partial charge in [-0.2, -0.15) is 8.78 Å². The number of ether oxygens (including phenoxy) is 1. The monoisotopic (exact) mass is 333 g/mol. The molecule has 0 unspecified atom stereocenters. The SMILES string of the molecule is C[C@@H](C[C@@H]1CCNC1=O)C(=O)COc1c(F)c(F)cc(F)c1F. The fourth-order valence-electron chi connectivity index (χ4n) is 2.39. The van der Waals surface area contributed by atoms with Crippen LogP contribution < -0.4 is 10.1 Å². The van der Waals surface area contributed by atoms with E-state index in [0.29, 0.717) is 13.0 Å². The zero-order valence-electron chi connectivity index (χ0n) is 12.3. The Kier molecular flexibility index (Phi) is 5.23. The van der Waals surface area contributed by atoms with Crippen molar-refractivity contribution in [1.82, 2.24) is 5.32 Å². The van der Waals surface area contributed by atoms with Crippen molar-refractivity contribution >= 4 is 11.7 Å². The number of Topliss-reactive ketones (excluding diaryl/α,β-unsaturated/α-hetero) is 1. The highest BCUT2D eigenvalue weighted by molar-refractivity contribution is 5.84. The average molecular weight is 333 g/mol. The van der Waals surface area contributed by atoms with Gasteiger partial charge in [-0.15, -0.1) is 0 Å². The predicted octanol–water partition coefficient (Wildman–Crippen LogP) is 2.35. The fourth-order valence-corrected chi connectivity index (χ4v) is 2.39. The molecular weight excluding hydrogens is 318 g/mol. The second kappa shape index (κ2) is 6.97. The number of carbonyl (C=O) groups is 2. The maximum Gasteiger partial charge on any atom is 0.223 e. The first-order valence-electron chi connectivity index (χ1n) is 7.07. The van der Waals surface area contributed by atoms with Gasteiger partial charge in [0.15, 0.2) is 23.2 Å². The lowest BCUT2D eigenvalue weighted by Crippen LogP contribution is -2.25. The Morgan fingerprint density at radius 3 is 2.43 bits per heavy atom. The van der Waals surface area contributed by atoms with Crippen molar-refractivity contribution in [2.45, 2.75) is 19.8 Å². The van der Waals surface area contributed by atoms with Crippen LogP contribution in [-0.2, 0) is 9.59 Å². The Bertz CT molecular complexity index is 609. The number of halogens is 4. The van der Waals surface area contributed by atoms with Crippen LogP contribution in [0.3, 0.4) is 0 Å². The third kappa shape index (κ3) is 3.80. The molecule has 0 spiro atoms. The Hall–Kier alpha value is -2.12. The molecule has 1 heterocycles. The molecule has 0 saturated carbocycles. The molecule has 2 atom stereocenters. The first-order chi connectivity index (χ1) is 10.8. The molecule has 1 amide bonds. The summed E-state index contributed by atoms with van der Waals surface area (Å²) < 4.78 is 57.5. The average Bonchev–Trinajstić information content (AvgIpc) is 2.90. The zero-order valence-corrected chi connectivity index (χ0v) is 12.3. The molecule has 0 aromatic heterocycles. The smallest absolute Gasteiger partial charge is 0.223 e. The Morgan fingerprint density at radius 1 is 1.30 bits per heavy atom. The first-order valence-corrected chi connectivity index (χ1v) is 7.07. The van der Waals surface area contributed by atoms with Gasteiger partial charge in [-0.25, -0.2) is 8.78 Å². The highest BCUT2D eigenvalue weighted by atomic mass is 19.2. The second-order valence-electron chi connectivity index (χ2n) is 5.47. The normalized spacial score (nSPS) is 18.7. The summed E-state index contributed by atoms with van der Waals surface area (Å²) in [5, 5.41) is 2.64. The molecule has 1 saturated heterocycles. The topological polar surface area (TPSA) is 55.4 Å². The molecule has 1 N–H and O–H groups in total. The maximum absolute atomic E-state index is 13.4. The quantitative estimate of drug-likeness (QED) is 0.642. The minimum atomic E-state index is -1.69. The lowest BCUT2D eigenvalue weighted by molar-refractivity contribution is -0.126. The van der Waals surface area contributed by atoms with Crippen molar-refractivity contribution in [3.05, 3.63) is 29.3 Å². The van der Waals surface area contributed by atoms with Crippen molar-refractivity contribution < 1.29 is 31.9 Å². The molecule has 0 aliphatic carbocycles. The standard InChI is InChI=1S/C15H15F4NO3/c1-7(4-8-2-3-20-15(8)22)11(21)6-23-14-12(18)9(16)5-10(17)13(14)19/h5,7-8H,2-4,6H2,1H3,(H,20,22)/t7-,8-/m0/s1. The predicted molar refractivity (Wildman–Crippen MR) is 71.7 cm³/mol. The van der Waals surface area contributed by atoms with E-state index in [0.717, 1.165) is 0 Å². The molecule has 1 aliphatic heterocycles. The first kappa shape index (κ1) is 17.2. The number of benzene rings is 1. The third-order valence-electron chi connectivity index (χ3n) is 3.78. The number of carbonyl (C=O) groups excluding carboxylic acids is 2. The second-order valence-corrected chi connectivity index (χ2v) is 5.47. The van der Waals surface area contributed by atoms with E-state index < -0.39 is 47.3 Å². The van der Waals surface area contributed by atoms with E-state index in [1.807, 2.05) is 0 Å². The Labute approximate surface area is 129 Å². The molecule has 2 rings (SSSR count). The molecule has 4 nitrogen and oxygen atoms in total. The van der Waals surface area contributed by atoms with E-state index in [-0.39, 0.29) is 24.3 Å². The van der Waals surface area contributed by atoms with E-state index in [1.165, 1.54) is 0 Å². The molecule has 8 heteroatoms. The molecule has 23 heavy (non-hydrogen) atoms. The van der Waals surface area contributed by atoms with Crippen LogP contribution in [-0.4, -0.2) is 24.8 Å². The van der Waals surface area contributed by atoms with Crippen molar-refractivity contribution in [3.8, 4) is 5.75 Å². The lowest BCUT2D eigenvalue weighted by Gasteiger charge is -2.15. The van der Waals surface area contributed by atoms with Gasteiger partial charge < -0.3 is 10.1 Å². The van der Waals surface area contributed by atoms with Gasteiger partial charge in [-0.3, -0.25) is 9.59 Å². The number of ketones is 1. The largest absolute Gasteiger partial charge is 0.480 e. The molecule has 1 aliphatic rings. The van der Waals surface area contributed by atoms with E-state index in [1.54, 1.807) is 6.92 Å². The van der Waals surface area contributed by atoms with Gasteiger partial charge in [-0.1, -0.05) is 6.92 Å². The van der Waals surface area contributed by atoms with Crippen LogP contribution in [0.15, 0.2) is 6.07 Å². The molecule has 0 radical (unpaired) electrons. The van der Waals surface area contributed by atoms with Crippen molar-refractivity contribution in [1.29, 1.82) is 0 Å². The summed E-state index contributed by atoms with van der Waals surface area (Å²) in [4.78, 5) is 23.4. The minimum Gasteiger partial charge on any atom is -0.480 e. The molecule has 126 valence electrons. The van der Waals surface area contributed by atoms with E-state index in [4.69, 9.17) is 0 Å².